The number of carbonyl (C=O) groups excluding carboxylic acids is 1. The van der Waals surface area contributed by atoms with E-state index in [1.54, 1.807) is 24.0 Å². The SMILES string of the molecule is CCOc1ccccc1NC(=O)N1CCC(Oc2cc(C)oc(=O)c2)C1. The molecule has 7 heteroatoms. The first-order valence-electron chi connectivity index (χ1n) is 8.61. The summed E-state index contributed by atoms with van der Waals surface area (Å²) in [6, 6.07) is 10.1. The molecule has 26 heavy (non-hydrogen) atoms. The average Bonchev–Trinajstić information content (AvgIpc) is 3.04. The van der Waals surface area contributed by atoms with E-state index in [-0.39, 0.29) is 12.1 Å². The van der Waals surface area contributed by atoms with Gasteiger partial charge in [0, 0.05) is 19.0 Å². The van der Waals surface area contributed by atoms with Gasteiger partial charge in [-0.05, 0) is 26.0 Å². The van der Waals surface area contributed by atoms with Gasteiger partial charge in [0.15, 0.2) is 0 Å². The minimum Gasteiger partial charge on any atom is -0.492 e. The summed E-state index contributed by atoms with van der Waals surface area (Å²) in [7, 11) is 0. The van der Waals surface area contributed by atoms with Crippen LogP contribution in [0, 0.1) is 6.92 Å². The third-order valence-electron chi connectivity index (χ3n) is 4.03. The molecule has 2 heterocycles. The number of aryl methyl sites for hydroxylation is 1. The molecule has 1 fully saturated rings. The Labute approximate surface area is 151 Å². The van der Waals surface area contributed by atoms with Crippen LogP contribution in [0.4, 0.5) is 10.5 Å². The lowest BCUT2D eigenvalue weighted by atomic mass is 10.3. The van der Waals surface area contributed by atoms with Crippen molar-refractivity contribution < 1.29 is 18.7 Å². The number of para-hydroxylation sites is 2. The largest absolute Gasteiger partial charge is 0.492 e. The zero-order valence-corrected chi connectivity index (χ0v) is 14.9. The van der Waals surface area contributed by atoms with Crippen molar-refractivity contribution in [1.82, 2.24) is 4.90 Å². The van der Waals surface area contributed by atoms with Gasteiger partial charge in [0.05, 0.1) is 24.9 Å². The Morgan fingerprint density at radius 1 is 1.35 bits per heavy atom. The number of benzene rings is 1. The van der Waals surface area contributed by atoms with Gasteiger partial charge in [0.2, 0.25) is 0 Å². The maximum absolute atomic E-state index is 12.5. The summed E-state index contributed by atoms with van der Waals surface area (Å²) in [4.78, 5) is 25.6. The number of nitrogens with one attached hydrogen (secondary N) is 1. The van der Waals surface area contributed by atoms with Crippen LogP contribution >= 0.6 is 0 Å². The highest BCUT2D eigenvalue weighted by molar-refractivity contribution is 5.91. The second-order valence-corrected chi connectivity index (χ2v) is 6.06. The van der Waals surface area contributed by atoms with Crippen LogP contribution in [0.5, 0.6) is 11.5 Å². The fourth-order valence-electron chi connectivity index (χ4n) is 2.89. The van der Waals surface area contributed by atoms with Gasteiger partial charge in [0.1, 0.15) is 23.4 Å². The van der Waals surface area contributed by atoms with Gasteiger partial charge in [-0.15, -0.1) is 0 Å². The maximum Gasteiger partial charge on any atom is 0.339 e. The molecule has 2 amide bonds. The normalized spacial score (nSPS) is 16.4. The molecule has 0 spiro atoms. The number of hydrogen-bond donors (Lipinski definition) is 1. The number of nitrogens with zero attached hydrogens (tertiary/aromatic N) is 1. The Kier molecular flexibility index (Phi) is 5.46. The van der Waals surface area contributed by atoms with Gasteiger partial charge in [-0.25, -0.2) is 9.59 Å². The molecule has 0 bridgehead atoms. The van der Waals surface area contributed by atoms with Gasteiger partial charge in [0.25, 0.3) is 0 Å². The predicted molar refractivity (Wildman–Crippen MR) is 97.0 cm³/mol. The van der Waals surface area contributed by atoms with Crippen LogP contribution in [0.1, 0.15) is 19.1 Å². The average molecular weight is 358 g/mol. The minimum atomic E-state index is -0.444. The quantitative estimate of drug-likeness (QED) is 0.888. The number of anilines is 1. The lowest BCUT2D eigenvalue weighted by Gasteiger charge is -2.19. The van der Waals surface area contributed by atoms with E-state index >= 15 is 0 Å². The van der Waals surface area contributed by atoms with Crippen LogP contribution in [0.2, 0.25) is 0 Å². The first-order chi connectivity index (χ1) is 12.5. The smallest absolute Gasteiger partial charge is 0.339 e. The first-order valence-corrected chi connectivity index (χ1v) is 8.61. The lowest BCUT2D eigenvalue weighted by Crippen LogP contribution is -2.34. The van der Waals surface area contributed by atoms with E-state index < -0.39 is 5.63 Å². The van der Waals surface area contributed by atoms with Crippen LogP contribution in [0.15, 0.2) is 45.6 Å². The van der Waals surface area contributed by atoms with E-state index in [0.29, 0.717) is 49.1 Å². The number of amides is 2. The summed E-state index contributed by atoms with van der Waals surface area (Å²) in [5.41, 5.74) is 0.195. The second kappa shape index (κ2) is 7.95. The zero-order chi connectivity index (χ0) is 18.5. The van der Waals surface area contributed by atoms with E-state index in [0.717, 1.165) is 0 Å². The molecular formula is C19H22N2O5. The number of hydrogen-bond acceptors (Lipinski definition) is 5. The molecule has 0 saturated carbocycles. The highest BCUT2D eigenvalue weighted by atomic mass is 16.5. The van der Waals surface area contributed by atoms with Gasteiger partial charge in [-0.3, -0.25) is 0 Å². The Hall–Kier alpha value is -2.96. The van der Waals surface area contributed by atoms with E-state index in [2.05, 4.69) is 5.32 Å². The van der Waals surface area contributed by atoms with Crippen molar-refractivity contribution in [3.63, 3.8) is 0 Å². The van der Waals surface area contributed by atoms with E-state index in [4.69, 9.17) is 13.9 Å². The summed E-state index contributed by atoms with van der Waals surface area (Å²) >= 11 is 0. The highest BCUT2D eigenvalue weighted by Gasteiger charge is 2.28. The zero-order valence-electron chi connectivity index (χ0n) is 14.9. The summed E-state index contributed by atoms with van der Waals surface area (Å²) in [5, 5.41) is 2.88. The fraction of sp³-hybridized carbons (Fsp3) is 0.368. The van der Waals surface area contributed by atoms with Crippen LogP contribution in [-0.2, 0) is 0 Å². The fourth-order valence-corrected chi connectivity index (χ4v) is 2.89. The minimum absolute atomic E-state index is 0.163. The molecule has 0 aliphatic carbocycles. The summed E-state index contributed by atoms with van der Waals surface area (Å²) in [5.74, 6) is 1.60. The van der Waals surface area contributed by atoms with E-state index in [1.165, 1.54) is 6.07 Å². The first kappa shape index (κ1) is 17.8. The number of urea groups is 1. The lowest BCUT2D eigenvalue weighted by molar-refractivity contribution is 0.193. The topological polar surface area (TPSA) is 81.0 Å². The molecule has 1 aliphatic heterocycles. The highest BCUT2D eigenvalue weighted by Crippen LogP contribution is 2.25. The standard InChI is InChI=1S/C19H22N2O5/c1-3-24-17-7-5-4-6-16(17)20-19(23)21-9-8-14(12-21)26-15-10-13(2)25-18(22)11-15/h4-7,10-11,14H,3,8-9,12H2,1-2H3,(H,20,23). The van der Waals surface area contributed by atoms with Crippen molar-refractivity contribution in [3.05, 3.63) is 52.6 Å². The van der Waals surface area contributed by atoms with Crippen molar-refractivity contribution in [2.75, 3.05) is 25.0 Å². The Morgan fingerprint density at radius 3 is 2.92 bits per heavy atom. The molecule has 1 aliphatic rings. The molecule has 138 valence electrons. The molecule has 1 aromatic carbocycles. The molecule has 1 atom stereocenters. The molecule has 1 unspecified atom stereocenters. The molecular weight excluding hydrogens is 336 g/mol. The van der Waals surface area contributed by atoms with Crippen molar-refractivity contribution in [2.24, 2.45) is 0 Å². The number of likely N-dealkylation sites (tertiary alicyclic amines) is 1. The van der Waals surface area contributed by atoms with Crippen molar-refractivity contribution in [2.45, 2.75) is 26.4 Å². The molecule has 0 radical (unpaired) electrons. The van der Waals surface area contributed by atoms with Gasteiger partial charge >= 0.3 is 11.7 Å². The molecule has 2 aromatic rings. The summed E-state index contributed by atoms with van der Waals surface area (Å²) < 4.78 is 16.3. The molecule has 1 N–H and O–H groups in total. The number of rotatable bonds is 5. The molecule has 1 aromatic heterocycles. The third-order valence-corrected chi connectivity index (χ3v) is 4.03. The Bertz CT molecular complexity index is 833. The van der Waals surface area contributed by atoms with Gasteiger partial charge in [-0.1, -0.05) is 12.1 Å². The summed E-state index contributed by atoms with van der Waals surface area (Å²) in [6.45, 7) is 5.14. The number of ether oxygens (including phenoxy) is 2. The van der Waals surface area contributed by atoms with Crippen LogP contribution in [-0.4, -0.2) is 36.7 Å². The van der Waals surface area contributed by atoms with Crippen molar-refractivity contribution in [3.8, 4) is 11.5 Å². The number of carbonyl (C=O) groups is 1. The monoisotopic (exact) mass is 358 g/mol. The Morgan fingerprint density at radius 2 is 2.15 bits per heavy atom. The van der Waals surface area contributed by atoms with Crippen molar-refractivity contribution >= 4 is 11.7 Å². The summed E-state index contributed by atoms with van der Waals surface area (Å²) in [6.07, 6.45) is 0.531. The molecule has 1 saturated heterocycles. The van der Waals surface area contributed by atoms with Crippen LogP contribution in [0.25, 0.3) is 0 Å². The van der Waals surface area contributed by atoms with Gasteiger partial charge in [-0.2, -0.15) is 0 Å². The third kappa shape index (κ3) is 4.36. The predicted octanol–water partition coefficient (Wildman–Crippen LogP) is 3.03. The Balaban J connectivity index is 1.60. The molecule has 3 rings (SSSR count). The molecule has 7 nitrogen and oxygen atoms in total. The van der Waals surface area contributed by atoms with Crippen molar-refractivity contribution in [1.29, 1.82) is 0 Å². The van der Waals surface area contributed by atoms with E-state index in [9.17, 15) is 9.59 Å². The van der Waals surface area contributed by atoms with E-state index in [1.807, 2.05) is 25.1 Å². The maximum atomic E-state index is 12.5. The van der Waals surface area contributed by atoms with Crippen LogP contribution < -0.4 is 20.4 Å². The van der Waals surface area contributed by atoms with Gasteiger partial charge < -0.3 is 24.1 Å². The van der Waals surface area contributed by atoms with Crippen LogP contribution in [0.3, 0.4) is 0 Å². The second-order valence-electron chi connectivity index (χ2n) is 6.06.